The summed E-state index contributed by atoms with van der Waals surface area (Å²) in [5.41, 5.74) is -0.826. The number of hydrogen-bond donors (Lipinski definition) is 4. The largest absolute Gasteiger partial charge is 0.481 e. The molecule has 1 aromatic rings. The molecular weight excluding hydrogens is 563 g/mol. The molecule has 218 valence electrons. The summed E-state index contributed by atoms with van der Waals surface area (Å²) in [6.07, 6.45) is -1.56. The van der Waals surface area contributed by atoms with Crippen LogP contribution < -0.4 is 20.7 Å². The molecule has 17 heteroatoms. The lowest BCUT2D eigenvalue weighted by Crippen LogP contribution is -2.49. The monoisotopic (exact) mass is 583 g/mol. The van der Waals surface area contributed by atoms with E-state index in [0.29, 0.717) is 0 Å². The van der Waals surface area contributed by atoms with Crippen LogP contribution in [-0.2, 0) is 24.0 Å². The number of benzene rings is 1. The summed E-state index contributed by atoms with van der Waals surface area (Å²) >= 11 is 0. The number of Topliss-reactive ketones (excluding diaryl/α,β-unsaturated/α-hetero) is 1. The van der Waals surface area contributed by atoms with Gasteiger partial charge in [0.15, 0.2) is 23.2 Å². The average molecular weight is 583 g/mol. The molecule has 0 heterocycles. The van der Waals surface area contributed by atoms with E-state index in [1.807, 2.05) is 5.32 Å². The fourth-order valence-corrected chi connectivity index (χ4v) is 2.59. The van der Waals surface area contributed by atoms with E-state index in [2.05, 4.69) is 4.74 Å². The number of amides is 3. The number of ether oxygens (including phenoxy) is 1. The van der Waals surface area contributed by atoms with Gasteiger partial charge in [-0.25, -0.2) is 8.78 Å². The number of halogens is 7. The minimum absolute atomic E-state index is 0.130. The van der Waals surface area contributed by atoms with Gasteiger partial charge in [0.05, 0.1) is 13.0 Å². The van der Waals surface area contributed by atoms with Crippen molar-refractivity contribution in [2.24, 2.45) is 0 Å². The van der Waals surface area contributed by atoms with Gasteiger partial charge in [-0.2, -0.15) is 22.0 Å². The lowest BCUT2D eigenvalue weighted by atomic mass is 10.1. The summed E-state index contributed by atoms with van der Waals surface area (Å²) in [6.45, 7) is -0.887. The highest BCUT2D eigenvalue weighted by Gasteiger charge is 2.28. The first-order valence-corrected chi connectivity index (χ1v) is 10.7. The molecule has 0 aliphatic rings. The van der Waals surface area contributed by atoms with Crippen LogP contribution in [-0.4, -0.2) is 60.0 Å². The molecular formula is C23H20F7N3O7. The molecule has 40 heavy (non-hydrogen) atoms. The van der Waals surface area contributed by atoms with Crippen molar-refractivity contribution in [2.45, 2.75) is 25.6 Å². The summed E-state index contributed by atoms with van der Waals surface area (Å²) in [5.74, 6) is -16.8. The van der Waals surface area contributed by atoms with E-state index in [1.54, 1.807) is 17.6 Å². The Morgan fingerprint density at radius 1 is 1.00 bits per heavy atom. The highest BCUT2D eigenvalue weighted by Crippen LogP contribution is 2.26. The molecule has 1 aromatic carbocycles. The number of allylic oxidation sites excluding steroid dienone is 5. The number of rotatable bonds is 12. The van der Waals surface area contributed by atoms with E-state index in [0.717, 1.165) is 12.2 Å². The van der Waals surface area contributed by atoms with Crippen molar-refractivity contribution >= 4 is 29.5 Å². The predicted octanol–water partition coefficient (Wildman–Crippen LogP) is 1.96. The molecule has 0 fully saturated rings. The maximum absolute atomic E-state index is 13.7. The molecule has 0 aliphatic heterocycles. The summed E-state index contributed by atoms with van der Waals surface area (Å²) in [7, 11) is 0. The molecule has 0 saturated carbocycles. The standard InChI is InChI=1S/C23H20F7N3O7/c1-2-3-4-5-11(8-23(28,29)30)32-22(39)21(38)31-9-16(35)33-14(7-17(36)37)15(34)10-40-20-18(26)12(24)6-13(25)19(20)27/h2-6,8,14H,7,9-10H2,1H3,(H,31,38)(H,32,39)(H,33,35)(H,36,37)/b3-2-,5-4-,11-8-/t14-/m0/s1. The second-order valence-electron chi connectivity index (χ2n) is 7.43. The molecule has 0 spiro atoms. The third-order valence-electron chi connectivity index (χ3n) is 4.31. The average Bonchev–Trinajstić information content (AvgIpc) is 2.84. The SMILES string of the molecule is C\C=C/C=C\C(=C\C(F)(F)F)NC(=O)C(=O)NCC(=O)N[C@@H](CC(=O)O)C(=O)COc1c(F)c(F)cc(F)c1F. The Kier molecular flexibility index (Phi) is 12.5. The van der Waals surface area contributed by atoms with E-state index in [4.69, 9.17) is 5.11 Å². The number of hydrogen-bond acceptors (Lipinski definition) is 6. The number of carbonyl (C=O) groups is 5. The minimum Gasteiger partial charge on any atom is -0.481 e. The van der Waals surface area contributed by atoms with Gasteiger partial charge >= 0.3 is 24.0 Å². The zero-order chi connectivity index (χ0) is 30.6. The van der Waals surface area contributed by atoms with Crippen LogP contribution in [0.2, 0.25) is 0 Å². The van der Waals surface area contributed by atoms with Crippen molar-refractivity contribution in [3.05, 3.63) is 65.4 Å². The van der Waals surface area contributed by atoms with E-state index in [9.17, 15) is 54.7 Å². The van der Waals surface area contributed by atoms with Crippen molar-refractivity contribution in [1.29, 1.82) is 0 Å². The number of aliphatic carboxylic acids is 1. The highest BCUT2D eigenvalue weighted by atomic mass is 19.4. The van der Waals surface area contributed by atoms with Gasteiger partial charge in [-0.05, 0) is 13.0 Å². The van der Waals surface area contributed by atoms with E-state index in [1.165, 1.54) is 12.2 Å². The fraction of sp³-hybridized carbons (Fsp3) is 0.261. The van der Waals surface area contributed by atoms with Crippen molar-refractivity contribution < 1.29 is 64.5 Å². The normalized spacial score (nSPS) is 12.8. The third kappa shape index (κ3) is 11.4. The number of carboxylic acids is 1. The van der Waals surface area contributed by atoms with Crippen LogP contribution in [0.3, 0.4) is 0 Å². The topological polar surface area (TPSA) is 151 Å². The summed E-state index contributed by atoms with van der Waals surface area (Å²) in [5, 5.41) is 14.2. The maximum atomic E-state index is 13.7. The number of nitrogens with one attached hydrogen (secondary N) is 3. The number of alkyl halides is 3. The number of carbonyl (C=O) groups excluding carboxylic acids is 4. The first-order valence-electron chi connectivity index (χ1n) is 10.7. The summed E-state index contributed by atoms with van der Waals surface area (Å²) < 4.78 is 96.2. The Morgan fingerprint density at radius 2 is 1.60 bits per heavy atom. The van der Waals surface area contributed by atoms with Gasteiger partial charge < -0.3 is 25.8 Å². The zero-order valence-electron chi connectivity index (χ0n) is 20.2. The Bertz CT molecular complexity index is 1220. The predicted molar refractivity (Wildman–Crippen MR) is 120 cm³/mol. The van der Waals surface area contributed by atoms with Gasteiger partial charge in [0.1, 0.15) is 12.6 Å². The number of ketones is 1. The molecule has 1 rings (SSSR count). The van der Waals surface area contributed by atoms with Gasteiger partial charge in [-0.3, -0.25) is 24.0 Å². The Labute approximate surface area is 220 Å². The van der Waals surface area contributed by atoms with Gasteiger partial charge in [0.25, 0.3) is 0 Å². The Morgan fingerprint density at radius 3 is 2.12 bits per heavy atom. The third-order valence-corrected chi connectivity index (χ3v) is 4.31. The van der Waals surface area contributed by atoms with Gasteiger partial charge in [-0.15, -0.1) is 0 Å². The summed E-state index contributed by atoms with van der Waals surface area (Å²) in [4.78, 5) is 59.2. The van der Waals surface area contributed by atoms with E-state index >= 15 is 0 Å². The van der Waals surface area contributed by atoms with E-state index < -0.39 is 96.0 Å². The zero-order valence-corrected chi connectivity index (χ0v) is 20.2. The number of carboxylic acid groups (broad SMARTS) is 1. The first-order chi connectivity index (χ1) is 18.5. The molecule has 0 saturated heterocycles. The van der Waals surface area contributed by atoms with Crippen LogP contribution in [0, 0.1) is 23.3 Å². The van der Waals surface area contributed by atoms with Crippen LogP contribution in [0.5, 0.6) is 5.75 Å². The molecule has 4 N–H and O–H groups in total. The molecule has 0 radical (unpaired) electrons. The van der Waals surface area contributed by atoms with Crippen molar-refractivity contribution in [3.63, 3.8) is 0 Å². The first kappa shape index (κ1) is 33.3. The molecule has 0 bridgehead atoms. The van der Waals surface area contributed by atoms with Gasteiger partial charge in [-0.1, -0.05) is 18.2 Å². The molecule has 0 aliphatic carbocycles. The lowest BCUT2D eigenvalue weighted by molar-refractivity contribution is -0.141. The van der Waals surface area contributed by atoms with Gasteiger partial charge in [0, 0.05) is 17.8 Å². The van der Waals surface area contributed by atoms with Crippen molar-refractivity contribution in [1.82, 2.24) is 16.0 Å². The smallest absolute Gasteiger partial charge is 0.411 e. The second-order valence-corrected chi connectivity index (χ2v) is 7.43. The quantitative estimate of drug-likeness (QED) is 0.127. The van der Waals surface area contributed by atoms with Crippen LogP contribution in [0.4, 0.5) is 30.7 Å². The Hall–Kier alpha value is -4.70. The summed E-state index contributed by atoms with van der Waals surface area (Å²) in [6, 6.07) is -2.08. The fourth-order valence-electron chi connectivity index (χ4n) is 2.59. The van der Waals surface area contributed by atoms with Crippen molar-refractivity contribution in [3.8, 4) is 5.75 Å². The lowest BCUT2D eigenvalue weighted by Gasteiger charge is -2.17. The van der Waals surface area contributed by atoms with Crippen LogP contribution in [0.25, 0.3) is 0 Å². The molecule has 10 nitrogen and oxygen atoms in total. The van der Waals surface area contributed by atoms with Crippen molar-refractivity contribution in [2.75, 3.05) is 13.2 Å². The molecule has 0 unspecified atom stereocenters. The molecule has 0 aromatic heterocycles. The van der Waals surface area contributed by atoms with Crippen LogP contribution >= 0.6 is 0 Å². The van der Waals surface area contributed by atoms with Crippen LogP contribution in [0.1, 0.15) is 13.3 Å². The molecule has 3 amide bonds. The highest BCUT2D eigenvalue weighted by molar-refractivity contribution is 6.35. The minimum atomic E-state index is -4.87. The van der Waals surface area contributed by atoms with Crippen LogP contribution in [0.15, 0.2) is 42.1 Å². The maximum Gasteiger partial charge on any atom is 0.411 e. The Balaban J connectivity index is 2.83. The van der Waals surface area contributed by atoms with E-state index in [-0.39, 0.29) is 12.1 Å². The van der Waals surface area contributed by atoms with Gasteiger partial charge in [0.2, 0.25) is 17.5 Å². The molecule has 1 atom stereocenters. The second kappa shape index (κ2) is 15.0.